The Kier molecular flexibility index (Phi) is 5.23. The molecule has 0 radical (unpaired) electrons. The molecule has 5 nitrogen and oxygen atoms in total. The number of nitrogen functional groups attached to an aromatic ring is 1. The highest BCUT2D eigenvalue weighted by Gasteiger charge is 2.11. The van der Waals surface area contributed by atoms with Gasteiger partial charge < -0.3 is 10.5 Å². The molecular weight excluding hydrogens is 308 g/mol. The van der Waals surface area contributed by atoms with E-state index >= 15 is 0 Å². The molecule has 1 aromatic rings. The second-order valence-electron chi connectivity index (χ2n) is 3.50. The molecule has 0 saturated heterocycles. The van der Waals surface area contributed by atoms with Gasteiger partial charge >= 0.3 is 0 Å². The minimum absolute atomic E-state index is 0.0103. The maximum absolute atomic E-state index is 11.7. The van der Waals surface area contributed by atoms with Crippen molar-refractivity contribution in [2.75, 3.05) is 29.9 Å². The van der Waals surface area contributed by atoms with Crippen LogP contribution >= 0.6 is 15.9 Å². The van der Waals surface area contributed by atoms with Gasteiger partial charge in [-0.15, -0.1) is 0 Å². The monoisotopic (exact) mass is 322 g/mol. The SMILES string of the molecule is COCCCS(=O)(=O)Nc1ccc(Br)cc1N. The standard InChI is InChI=1S/C10H15BrN2O3S/c1-16-5-2-6-17(14,15)13-10-4-3-8(11)7-9(10)12/h3-4,7,13H,2,5-6,12H2,1H3. The molecule has 3 N–H and O–H groups in total. The van der Waals surface area contributed by atoms with E-state index in [1.54, 1.807) is 18.2 Å². The molecule has 0 atom stereocenters. The summed E-state index contributed by atoms with van der Waals surface area (Å²) in [5.41, 5.74) is 6.48. The van der Waals surface area contributed by atoms with Gasteiger partial charge in [0.05, 0.1) is 17.1 Å². The summed E-state index contributed by atoms with van der Waals surface area (Å²) < 4.78 is 31.4. The Labute approximate surface area is 110 Å². The number of nitrogens with two attached hydrogens (primary N) is 1. The first kappa shape index (κ1) is 14.3. The molecule has 0 bridgehead atoms. The number of rotatable bonds is 6. The van der Waals surface area contributed by atoms with Gasteiger partial charge in [-0.2, -0.15) is 0 Å². The van der Waals surface area contributed by atoms with Crippen molar-refractivity contribution in [3.8, 4) is 0 Å². The van der Waals surface area contributed by atoms with Crippen molar-refractivity contribution in [1.82, 2.24) is 0 Å². The number of halogens is 1. The van der Waals surface area contributed by atoms with E-state index in [-0.39, 0.29) is 5.75 Å². The molecule has 0 aromatic heterocycles. The molecule has 0 unspecified atom stereocenters. The normalized spacial score (nSPS) is 11.4. The van der Waals surface area contributed by atoms with Crippen LogP contribution in [0.2, 0.25) is 0 Å². The van der Waals surface area contributed by atoms with Crippen LogP contribution in [0.3, 0.4) is 0 Å². The zero-order chi connectivity index (χ0) is 12.9. The lowest BCUT2D eigenvalue weighted by Crippen LogP contribution is -2.18. The predicted octanol–water partition coefficient (Wildman–Crippen LogP) is 1.81. The van der Waals surface area contributed by atoms with Crippen molar-refractivity contribution in [1.29, 1.82) is 0 Å². The minimum Gasteiger partial charge on any atom is -0.397 e. The maximum atomic E-state index is 11.7. The maximum Gasteiger partial charge on any atom is 0.232 e. The summed E-state index contributed by atoms with van der Waals surface area (Å²) in [5, 5.41) is 0. The van der Waals surface area contributed by atoms with Gasteiger partial charge in [0.2, 0.25) is 10.0 Å². The second kappa shape index (κ2) is 6.23. The fourth-order valence-corrected chi connectivity index (χ4v) is 2.74. The highest BCUT2D eigenvalue weighted by atomic mass is 79.9. The Morgan fingerprint density at radius 1 is 1.47 bits per heavy atom. The number of anilines is 2. The molecule has 1 rings (SSSR count). The lowest BCUT2D eigenvalue weighted by molar-refractivity contribution is 0.199. The van der Waals surface area contributed by atoms with Crippen molar-refractivity contribution in [2.45, 2.75) is 6.42 Å². The zero-order valence-corrected chi connectivity index (χ0v) is 11.8. The lowest BCUT2D eigenvalue weighted by Gasteiger charge is -2.10. The summed E-state index contributed by atoms with van der Waals surface area (Å²) in [6, 6.07) is 4.99. The zero-order valence-electron chi connectivity index (χ0n) is 9.44. The van der Waals surface area contributed by atoms with Crippen LogP contribution in [0.5, 0.6) is 0 Å². The summed E-state index contributed by atoms with van der Waals surface area (Å²) in [6.07, 6.45) is 0.447. The third kappa shape index (κ3) is 4.93. The van der Waals surface area contributed by atoms with Crippen LogP contribution in [0, 0.1) is 0 Å². The van der Waals surface area contributed by atoms with E-state index in [1.807, 2.05) is 0 Å². The summed E-state index contributed by atoms with van der Waals surface area (Å²) in [4.78, 5) is 0. The first-order valence-corrected chi connectivity index (χ1v) is 7.43. The molecule has 0 heterocycles. The average Bonchev–Trinajstić information content (AvgIpc) is 2.22. The van der Waals surface area contributed by atoms with Crippen molar-refractivity contribution >= 4 is 37.3 Å². The average molecular weight is 323 g/mol. The van der Waals surface area contributed by atoms with Crippen LogP contribution in [0.4, 0.5) is 11.4 Å². The van der Waals surface area contributed by atoms with Gasteiger partial charge in [0, 0.05) is 18.2 Å². The molecular formula is C10H15BrN2O3S. The van der Waals surface area contributed by atoms with Crippen molar-refractivity contribution in [3.63, 3.8) is 0 Å². The molecule has 0 aliphatic rings. The number of benzene rings is 1. The Balaban J connectivity index is 2.69. The molecule has 0 aliphatic carbocycles. The molecule has 96 valence electrons. The van der Waals surface area contributed by atoms with Gasteiger partial charge in [0.25, 0.3) is 0 Å². The number of ether oxygens (including phenoxy) is 1. The first-order chi connectivity index (χ1) is 7.94. The van der Waals surface area contributed by atoms with Crippen LogP contribution in [-0.2, 0) is 14.8 Å². The largest absolute Gasteiger partial charge is 0.397 e. The third-order valence-corrected chi connectivity index (χ3v) is 3.89. The highest BCUT2D eigenvalue weighted by molar-refractivity contribution is 9.10. The van der Waals surface area contributed by atoms with E-state index in [1.165, 1.54) is 7.11 Å². The first-order valence-electron chi connectivity index (χ1n) is 4.99. The van der Waals surface area contributed by atoms with Crippen LogP contribution in [0.1, 0.15) is 6.42 Å². The highest BCUT2D eigenvalue weighted by Crippen LogP contribution is 2.23. The van der Waals surface area contributed by atoms with E-state index in [9.17, 15) is 8.42 Å². The van der Waals surface area contributed by atoms with Gasteiger partial charge in [-0.1, -0.05) is 15.9 Å². The van der Waals surface area contributed by atoms with Crippen LogP contribution in [0.25, 0.3) is 0 Å². The summed E-state index contributed by atoms with van der Waals surface area (Å²) >= 11 is 3.25. The fourth-order valence-electron chi connectivity index (χ4n) is 1.24. The Hall–Kier alpha value is -0.790. The number of methoxy groups -OCH3 is 1. The van der Waals surface area contributed by atoms with E-state index in [0.717, 1.165) is 4.47 Å². The van der Waals surface area contributed by atoms with Crippen molar-refractivity contribution in [2.24, 2.45) is 0 Å². The molecule has 17 heavy (non-hydrogen) atoms. The quantitative estimate of drug-likeness (QED) is 0.618. The Morgan fingerprint density at radius 2 is 2.18 bits per heavy atom. The van der Waals surface area contributed by atoms with E-state index in [2.05, 4.69) is 20.7 Å². The smallest absolute Gasteiger partial charge is 0.232 e. The second-order valence-corrected chi connectivity index (χ2v) is 6.26. The topological polar surface area (TPSA) is 81.4 Å². The number of nitrogens with one attached hydrogen (secondary N) is 1. The number of hydrogen-bond acceptors (Lipinski definition) is 4. The predicted molar refractivity (Wildman–Crippen MR) is 72.5 cm³/mol. The summed E-state index contributed by atoms with van der Waals surface area (Å²) in [6.45, 7) is 0.413. The minimum atomic E-state index is -3.37. The Bertz CT molecular complexity index is 476. The van der Waals surface area contributed by atoms with Crippen LogP contribution < -0.4 is 10.5 Å². The lowest BCUT2D eigenvalue weighted by atomic mass is 10.3. The van der Waals surface area contributed by atoms with Crippen molar-refractivity contribution < 1.29 is 13.2 Å². The summed E-state index contributed by atoms with van der Waals surface area (Å²) in [7, 11) is -1.83. The molecule has 0 fully saturated rings. The summed E-state index contributed by atoms with van der Waals surface area (Å²) in [5.74, 6) is 0.0103. The molecule has 0 amide bonds. The van der Waals surface area contributed by atoms with Gasteiger partial charge in [-0.25, -0.2) is 8.42 Å². The van der Waals surface area contributed by atoms with E-state index in [4.69, 9.17) is 10.5 Å². The van der Waals surface area contributed by atoms with Crippen molar-refractivity contribution in [3.05, 3.63) is 22.7 Å². The van der Waals surface area contributed by atoms with Gasteiger partial charge in [-0.3, -0.25) is 4.72 Å². The molecule has 1 aromatic carbocycles. The Morgan fingerprint density at radius 3 is 2.76 bits per heavy atom. The molecule has 7 heteroatoms. The van der Waals surface area contributed by atoms with Crippen LogP contribution in [0.15, 0.2) is 22.7 Å². The third-order valence-electron chi connectivity index (χ3n) is 2.04. The number of hydrogen-bond donors (Lipinski definition) is 2. The fraction of sp³-hybridized carbons (Fsp3) is 0.400. The van der Waals surface area contributed by atoms with E-state index < -0.39 is 10.0 Å². The van der Waals surface area contributed by atoms with Gasteiger partial charge in [0.1, 0.15) is 0 Å². The number of sulfonamides is 1. The van der Waals surface area contributed by atoms with Crippen LogP contribution in [-0.4, -0.2) is 27.9 Å². The molecule has 0 saturated carbocycles. The van der Waals surface area contributed by atoms with Gasteiger partial charge in [-0.05, 0) is 24.6 Å². The molecule has 0 spiro atoms. The van der Waals surface area contributed by atoms with Gasteiger partial charge in [0.15, 0.2) is 0 Å². The molecule has 0 aliphatic heterocycles. The van der Waals surface area contributed by atoms with E-state index in [0.29, 0.717) is 24.4 Å².